The molecule has 1 aromatic rings. The molecule has 0 saturated heterocycles. The van der Waals surface area contributed by atoms with Crippen LogP contribution in [0.4, 0.5) is 4.39 Å². The largest absolute Gasteiger partial charge is 0.492 e. The SMILES string of the molecule is CN(C)CC(C)(C)Cn1c(O)c(F)c(=O)[nH]c1=O. The number of hydrogen-bond acceptors (Lipinski definition) is 4. The minimum atomic E-state index is -1.34. The quantitative estimate of drug-likeness (QED) is 0.796. The van der Waals surface area contributed by atoms with Crippen LogP contribution in [0.3, 0.4) is 0 Å². The van der Waals surface area contributed by atoms with Crippen LogP contribution < -0.4 is 11.2 Å². The Bertz CT molecular complexity index is 545. The summed E-state index contributed by atoms with van der Waals surface area (Å²) in [6.07, 6.45) is 0. The molecule has 0 atom stereocenters. The summed E-state index contributed by atoms with van der Waals surface area (Å²) in [4.78, 5) is 26.2. The number of aromatic nitrogens is 2. The van der Waals surface area contributed by atoms with Crippen LogP contribution in [0.25, 0.3) is 0 Å². The summed E-state index contributed by atoms with van der Waals surface area (Å²) in [5.41, 5.74) is -2.39. The molecule has 0 radical (unpaired) electrons. The van der Waals surface area contributed by atoms with Gasteiger partial charge in [-0.3, -0.25) is 14.3 Å². The molecule has 0 aromatic carbocycles. The van der Waals surface area contributed by atoms with Gasteiger partial charge in [0.15, 0.2) is 0 Å². The summed E-state index contributed by atoms with van der Waals surface area (Å²) in [6, 6.07) is 0. The Kier molecular flexibility index (Phi) is 3.95. The summed E-state index contributed by atoms with van der Waals surface area (Å²) in [6.45, 7) is 4.49. The zero-order valence-electron chi connectivity index (χ0n) is 11.0. The van der Waals surface area contributed by atoms with Gasteiger partial charge in [0.05, 0.1) is 0 Å². The van der Waals surface area contributed by atoms with Crippen LogP contribution in [0.15, 0.2) is 9.59 Å². The zero-order chi connectivity index (χ0) is 14.1. The van der Waals surface area contributed by atoms with Crippen LogP contribution in [0, 0.1) is 11.2 Å². The lowest BCUT2D eigenvalue weighted by molar-refractivity contribution is 0.197. The van der Waals surface area contributed by atoms with Crippen molar-refractivity contribution < 1.29 is 9.50 Å². The van der Waals surface area contributed by atoms with E-state index in [2.05, 4.69) is 0 Å². The summed E-state index contributed by atoms with van der Waals surface area (Å²) in [5.74, 6) is -2.26. The number of aromatic amines is 1. The van der Waals surface area contributed by atoms with Gasteiger partial charge in [-0.1, -0.05) is 13.8 Å². The molecule has 0 aliphatic carbocycles. The third-order valence-corrected chi connectivity index (χ3v) is 2.45. The molecule has 0 spiro atoms. The van der Waals surface area contributed by atoms with E-state index in [0.29, 0.717) is 6.54 Å². The molecule has 0 unspecified atom stereocenters. The summed E-state index contributed by atoms with van der Waals surface area (Å²) < 4.78 is 14.1. The smallest absolute Gasteiger partial charge is 0.331 e. The van der Waals surface area contributed by atoms with Gasteiger partial charge in [0.25, 0.3) is 5.56 Å². The first kappa shape index (κ1) is 14.4. The Morgan fingerprint density at radius 1 is 1.39 bits per heavy atom. The first-order chi connectivity index (χ1) is 8.14. The molecule has 18 heavy (non-hydrogen) atoms. The third-order valence-electron chi connectivity index (χ3n) is 2.45. The second-order valence-electron chi connectivity index (χ2n) is 5.39. The molecule has 1 rings (SSSR count). The molecule has 102 valence electrons. The molecule has 7 heteroatoms. The Morgan fingerprint density at radius 2 is 1.94 bits per heavy atom. The number of H-pyrrole nitrogens is 1. The highest BCUT2D eigenvalue weighted by atomic mass is 19.1. The van der Waals surface area contributed by atoms with Crippen LogP contribution in [0.5, 0.6) is 5.88 Å². The van der Waals surface area contributed by atoms with E-state index in [-0.39, 0.29) is 12.0 Å². The van der Waals surface area contributed by atoms with E-state index in [0.717, 1.165) is 4.57 Å². The third kappa shape index (κ3) is 3.19. The maximum Gasteiger partial charge on any atom is 0.331 e. The van der Waals surface area contributed by atoms with E-state index < -0.39 is 22.9 Å². The molecule has 0 aliphatic heterocycles. The average Bonchev–Trinajstić information content (AvgIpc) is 2.19. The molecule has 1 heterocycles. The predicted molar refractivity (Wildman–Crippen MR) is 65.3 cm³/mol. The van der Waals surface area contributed by atoms with Gasteiger partial charge in [0.2, 0.25) is 11.7 Å². The Morgan fingerprint density at radius 3 is 2.44 bits per heavy atom. The van der Waals surface area contributed by atoms with Gasteiger partial charge in [0, 0.05) is 13.1 Å². The molecule has 0 fully saturated rings. The van der Waals surface area contributed by atoms with Crippen LogP contribution in [0.1, 0.15) is 13.8 Å². The average molecular weight is 259 g/mol. The van der Waals surface area contributed by atoms with Crippen molar-refractivity contribution >= 4 is 0 Å². The van der Waals surface area contributed by atoms with E-state index in [1.54, 1.807) is 0 Å². The van der Waals surface area contributed by atoms with Crippen molar-refractivity contribution in [3.63, 3.8) is 0 Å². The van der Waals surface area contributed by atoms with Gasteiger partial charge in [-0.15, -0.1) is 0 Å². The zero-order valence-corrected chi connectivity index (χ0v) is 11.0. The number of nitrogens with zero attached hydrogens (tertiary/aromatic N) is 2. The molecule has 1 aromatic heterocycles. The summed E-state index contributed by atoms with van der Waals surface area (Å²) >= 11 is 0. The van der Waals surface area contributed by atoms with E-state index in [1.165, 1.54) is 0 Å². The molecule has 0 saturated carbocycles. The molecular weight excluding hydrogens is 241 g/mol. The predicted octanol–water partition coefficient (Wildman–Crippen LogP) is -0.0309. The minimum Gasteiger partial charge on any atom is -0.492 e. The fourth-order valence-electron chi connectivity index (χ4n) is 2.02. The van der Waals surface area contributed by atoms with Crippen molar-refractivity contribution in [3.8, 4) is 5.88 Å². The highest BCUT2D eigenvalue weighted by Crippen LogP contribution is 2.20. The lowest BCUT2D eigenvalue weighted by Gasteiger charge is -2.28. The lowest BCUT2D eigenvalue weighted by atomic mass is 9.93. The molecule has 0 aliphatic rings. The highest BCUT2D eigenvalue weighted by molar-refractivity contribution is 5.09. The van der Waals surface area contributed by atoms with Gasteiger partial charge in [0.1, 0.15) is 0 Å². The topological polar surface area (TPSA) is 78.3 Å². The Hall–Kier alpha value is -1.63. The van der Waals surface area contributed by atoms with E-state index in [9.17, 15) is 19.1 Å². The molecule has 2 N–H and O–H groups in total. The summed E-state index contributed by atoms with van der Waals surface area (Å²) in [5, 5.41) is 9.51. The Labute approximate surface area is 104 Å². The molecule has 6 nitrogen and oxygen atoms in total. The fourth-order valence-corrected chi connectivity index (χ4v) is 2.02. The van der Waals surface area contributed by atoms with Crippen molar-refractivity contribution in [1.82, 2.24) is 14.5 Å². The van der Waals surface area contributed by atoms with Crippen molar-refractivity contribution in [3.05, 3.63) is 26.7 Å². The van der Waals surface area contributed by atoms with Gasteiger partial charge in [-0.25, -0.2) is 4.79 Å². The first-order valence-electron chi connectivity index (χ1n) is 5.50. The maximum absolute atomic E-state index is 13.2. The van der Waals surface area contributed by atoms with Crippen LogP contribution in [0.2, 0.25) is 0 Å². The lowest BCUT2D eigenvalue weighted by Crippen LogP contribution is -2.39. The Balaban J connectivity index is 3.17. The van der Waals surface area contributed by atoms with Gasteiger partial charge in [-0.2, -0.15) is 4.39 Å². The number of aromatic hydroxyl groups is 1. The van der Waals surface area contributed by atoms with E-state index >= 15 is 0 Å². The standard InChI is InChI=1S/C11H18FN3O3/c1-11(2,5-14(3)4)6-15-9(17)7(12)8(16)13-10(15)18/h17H,5-6H2,1-4H3,(H,13,16,18). The second kappa shape index (κ2) is 4.93. The van der Waals surface area contributed by atoms with Crippen molar-refractivity contribution in [2.24, 2.45) is 5.41 Å². The van der Waals surface area contributed by atoms with E-state index in [1.807, 2.05) is 37.8 Å². The number of halogens is 1. The molecule has 0 amide bonds. The van der Waals surface area contributed by atoms with E-state index in [4.69, 9.17) is 0 Å². The number of nitrogens with one attached hydrogen (secondary N) is 1. The van der Waals surface area contributed by atoms with Crippen molar-refractivity contribution in [1.29, 1.82) is 0 Å². The fraction of sp³-hybridized carbons (Fsp3) is 0.636. The molecule has 0 bridgehead atoms. The van der Waals surface area contributed by atoms with Gasteiger partial charge >= 0.3 is 5.69 Å². The number of rotatable bonds is 4. The summed E-state index contributed by atoms with van der Waals surface area (Å²) in [7, 11) is 3.75. The van der Waals surface area contributed by atoms with Crippen LogP contribution in [-0.2, 0) is 6.54 Å². The molecular formula is C11H18FN3O3. The van der Waals surface area contributed by atoms with Crippen LogP contribution >= 0.6 is 0 Å². The first-order valence-corrected chi connectivity index (χ1v) is 5.50. The normalized spacial score (nSPS) is 12.1. The number of hydrogen-bond donors (Lipinski definition) is 2. The van der Waals surface area contributed by atoms with Gasteiger partial charge in [-0.05, 0) is 19.5 Å². The van der Waals surface area contributed by atoms with Crippen molar-refractivity contribution in [2.75, 3.05) is 20.6 Å². The highest BCUT2D eigenvalue weighted by Gasteiger charge is 2.23. The van der Waals surface area contributed by atoms with Crippen LogP contribution in [-0.4, -0.2) is 40.2 Å². The second-order valence-corrected chi connectivity index (χ2v) is 5.39. The monoisotopic (exact) mass is 259 g/mol. The van der Waals surface area contributed by atoms with Gasteiger partial charge < -0.3 is 10.0 Å². The van der Waals surface area contributed by atoms with Crippen molar-refractivity contribution in [2.45, 2.75) is 20.4 Å². The maximum atomic E-state index is 13.2. The minimum absolute atomic E-state index is 0.101.